The van der Waals surface area contributed by atoms with E-state index in [4.69, 9.17) is 11.3 Å². The molecule has 0 N–H and O–H groups in total. The molecule has 2 unspecified atom stereocenters. The molecule has 0 spiro atoms. The van der Waals surface area contributed by atoms with Gasteiger partial charge in [0, 0.05) is 37.9 Å². The molecule has 1 aliphatic heterocycles. The molecule has 4 rings (SSSR count). The van der Waals surface area contributed by atoms with Gasteiger partial charge in [0.1, 0.15) is 0 Å². The van der Waals surface area contributed by atoms with Crippen molar-refractivity contribution < 1.29 is 4.74 Å². The molecule has 1 saturated carbocycles. The summed E-state index contributed by atoms with van der Waals surface area (Å²) in [4.78, 5) is 6.21. The Labute approximate surface area is 137 Å². The highest BCUT2D eigenvalue weighted by molar-refractivity contribution is 5.87. The Kier molecular flexibility index (Phi) is 3.84. The number of aromatic nitrogens is 1. The van der Waals surface area contributed by atoms with Crippen molar-refractivity contribution in [2.24, 2.45) is 7.05 Å². The lowest BCUT2D eigenvalue weighted by Crippen LogP contribution is -2.42. The van der Waals surface area contributed by atoms with Crippen LogP contribution in [0.2, 0.25) is 0 Å². The Morgan fingerprint density at radius 3 is 2.83 bits per heavy atom. The molecule has 0 radical (unpaired) electrons. The van der Waals surface area contributed by atoms with Crippen LogP contribution in [-0.4, -0.2) is 41.8 Å². The summed E-state index contributed by atoms with van der Waals surface area (Å²) in [7, 11) is 2.11. The summed E-state index contributed by atoms with van der Waals surface area (Å²) in [5, 5.41) is 1.27. The van der Waals surface area contributed by atoms with Crippen LogP contribution in [0.3, 0.4) is 0 Å². The van der Waals surface area contributed by atoms with Crippen LogP contribution in [0, 0.1) is 6.57 Å². The zero-order valence-corrected chi connectivity index (χ0v) is 13.7. The lowest BCUT2D eigenvalue weighted by molar-refractivity contribution is 0.0177. The van der Waals surface area contributed by atoms with E-state index in [1.165, 1.54) is 35.7 Å². The molecule has 0 amide bonds. The summed E-state index contributed by atoms with van der Waals surface area (Å²) in [5.41, 5.74) is 3.42. The van der Waals surface area contributed by atoms with Crippen LogP contribution < -0.4 is 0 Å². The monoisotopic (exact) mass is 309 g/mol. The van der Waals surface area contributed by atoms with Crippen LogP contribution in [0.5, 0.6) is 0 Å². The van der Waals surface area contributed by atoms with E-state index < -0.39 is 0 Å². The molecule has 1 aliphatic carbocycles. The van der Waals surface area contributed by atoms with Crippen LogP contribution in [0.25, 0.3) is 15.7 Å². The molecule has 2 aliphatic rings. The number of nitrogens with zero attached hydrogens (tertiary/aromatic N) is 3. The molecule has 1 aromatic heterocycles. The number of aryl methyl sites for hydroxylation is 1. The zero-order chi connectivity index (χ0) is 15.8. The van der Waals surface area contributed by atoms with Gasteiger partial charge in [-0.25, -0.2) is 4.85 Å². The number of ether oxygens (including phenoxy) is 1. The summed E-state index contributed by atoms with van der Waals surface area (Å²) >= 11 is 0. The predicted octanol–water partition coefficient (Wildman–Crippen LogP) is 3.70. The van der Waals surface area contributed by atoms with Gasteiger partial charge >= 0.3 is 0 Å². The van der Waals surface area contributed by atoms with Gasteiger partial charge in [0.05, 0.1) is 19.8 Å². The van der Waals surface area contributed by atoms with E-state index in [0.29, 0.717) is 12.0 Å². The van der Waals surface area contributed by atoms with Gasteiger partial charge in [-0.2, -0.15) is 0 Å². The van der Waals surface area contributed by atoms with E-state index in [2.05, 4.69) is 39.7 Å². The topological polar surface area (TPSA) is 21.8 Å². The smallest absolute Gasteiger partial charge is 0.187 e. The molecule has 4 nitrogen and oxygen atoms in total. The lowest BCUT2D eigenvalue weighted by atomic mass is 9.96. The summed E-state index contributed by atoms with van der Waals surface area (Å²) in [6.45, 7) is 11.2. The maximum Gasteiger partial charge on any atom is 0.187 e. The lowest BCUT2D eigenvalue weighted by Gasteiger charge is -2.32. The molecule has 23 heavy (non-hydrogen) atoms. The molecule has 0 bridgehead atoms. The van der Waals surface area contributed by atoms with Gasteiger partial charge < -0.3 is 9.30 Å². The minimum atomic E-state index is 0.618. The summed E-state index contributed by atoms with van der Waals surface area (Å²) in [6.07, 6.45) is 6.05. The van der Waals surface area contributed by atoms with Crippen LogP contribution in [0.15, 0.2) is 24.4 Å². The Morgan fingerprint density at radius 2 is 2.04 bits per heavy atom. The highest BCUT2D eigenvalue weighted by Crippen LogP contribution is 2.41. The molecule has 2 fully saturated rings. The van der Waals surface area contributed by atoms with Gasteiger partial charge in [-0.1, -0.05) is 6.07 Å². The third-order valence-electron chi connectivity index (χ3n) is 5.54. The van der Waals surface area contributed by atoms with E-state index >= 15 is 0 Å². The van der Waals surface area contributed by atoms with Crippen molar-refractivity contribution in [2.45, 2.75) is 31.2 Å². The summed E-state index contributed by atoms with van der Waals surface area (Å²) < 4.78 is 7.69. The zero-order valence-electron chi connectivity index (χ0n) is 13.7. The fourth-order valence-corrected chi connectivity index (χ4v) is 4.32. The molecular formula is C19H23N3O. The Hall–Kier alpha value is -1.83. The van der Waals surface area contributed by atoms with Crippen molar-refractivity contribution >= 4 is 16.6 Å². The average molecular weight is 309 g/mol. The van der Waals surface area contributed by atoms with Gasteiger partial charge in [-0.05, 0) is 48.3 Å². The number of hydrogen-bond acceptors (Lipinski definition) is 2. The Bertz CT molecular complexity index is 752. The van der Waals surface area contributed by atoms with Crippen molar-refractivity contribution in [1.29, 1.82) is 0 Å². The SMILES string of the molecule is [C-]#[N+]c1ccc2c(c1)c(C1CCC(N3CCOCC3)C1)cn2C. The maximum absolute atomic E-state index is 7.27. The van der Waals surface area contributed by atoms with Crippen molar-refractivity contribution in [3.05, 3.63) is 41.4 Å². The van der Waals surface area contributed by atoms with E-state index in [9.17, 15) is 0 Å². The summed E-state index contributed by atoms with van der Waals surface area (Å²) in [5.74, 6) is 0.618. The second kappa shape index (κ2) is 5.99. The van der Waals surface area contributed by atoms with Crippen molar-refractivity contribution in [3.8, 4) is 0 Å². The van der Waals surface area contributed by atoms with Crippen molar-refractivity contribution in [2.75, 3.05) is 26.3 Å². The number of hydrogen-bond donors (Lipinski definition) is 0. The van der Waals surface area contributed by atoms with E-state index in [1.54, 1.807) is 0 Å². The first kappa shape index (κ1) is 14.7. The van der Waals surface area contributed by atoms with E-state index in [-0.39, 0.29) is 0 Å². The molecule has 2 heterocycles. The van der Waals surface area contributed by atoms with Crippen LogP contribution in [-0.2, 0) is 11.8 Å². The highest BCUT2D eigenvalue weighted by atomic mass is 16.5. The first-order valence-electron chi connectivity index (χ1n) is 8.54. The average Bonchev–Trinajstić information content (AvgIpc) is 3.20. The minimum absolute atomic E-state index is 0.618. The predicted molar refractivity (Wildman–Crippen MR) is 92.0 cm³/mol. The molecule has 1 saturated heterocycles. The molecule has 120 valence electrons. The first-order valence-corrected chi connectivity index (χ1v) is 8.54. The largest absolute Gasteiger partial charge is 0.379 e. The maximum atomic E-state index is 7.27. The van der Waals surface area contributed by atoms with Crippen LogP contribution in [0.4, 0.5) is 5.69 Å². The third-order valence-corrected chi connectivity index (χ3v) is 5.54. The second-order valence-corrected chi connectivity index (χ2v) is 6.82. The quantitative estimate of drug-likeness (QED) is 0.789. The molecule has 2 atom stereocenters. The Morgan fingerprint density at radius 1 is 1.22 bits per heavy atom. The van der Waals surface area contributed by atoms with Gasteiger partial charge in [0.15, 0.2) is 5.69 Å². The number of benzene rings is 1. The van der Waals surface area contributed by atoms with Gasteiger partial charge in [0.25, 0.3) is 0 Å². The van der Waals surface area contributed by atoms with Gasteiger partial charge in [-0.3, -0.25) is 4.90 Å². The standard InChI is InChI=1S/C19H23N3O/c1-20-15-4-6-19-17(12-15)18(13-21(19)2)14-3-5-16(11-14)22-7-9-23-10-8-22/h4,6,12-14,16H,3,5,7-11H2,2H3. The number of rotatable bonds is 2. The van der Waals surface area contributed by atoms with Crippen LogP contribution >= 0.6 is 0 Å². The van der Waals surface area contributed by atoms with E-state index in [0.717, 1.165) is 32.0 Å². The number of morpholine rings is 1. The first-order chi connectivity index (χ1) is 11.3. The second-order valence-electron chi connectivity index (χ2n) is 6.82. The highest BCUT2D eigenvalue weighted by Gasteiger charge is 2.32. The molecule has 1 aromatic carbocycles. The van der Waals surface area contributed by atoms with Crippen molar-refractivity contribution in [3.63, 3.8) is 0 Å². The summed E-state index contributed by atoms with van der Waals surface area (Å²) in [6, 6.07) is 6.77. The molecular weight excluding hydrogens is 286 g/mol. The van der Waals surface area contributed by atoms with Crippen LogP contribution in [0.1, 0.15) is 30.7 Å². The molecule has 4 heteroatoms. The molecule has 2 aromatic rings. The van der Waals surface area contributed by atoms with Crippen molar-refractivity contribution in [1.82, 2.24) is 9.47 Å². The fourth-order valence-electron chi connectivity index (χ4n) is 4.32. The normalized spacial score (nSPS) is 25.7. The number of fused-ring (bicyclic) bond motifs is 1. The van der Waals surface area contributed by atoms with E-state index in [1.807, 2.05) is 6.07 Å². The Balaban J connectivity index is 1.61. The minimum Gasteiger partial charge on any atom is -0.379 e. The van der Waals surface area contributed by atoms with Gasteiger partial charge in [0.2, 0.25) is 0 Å². The van der Waals surface area contributed by atoms with Gasteiger partial charge in [-0.15, -0.1) is 0 Å². The fraction of sp³-hybridized carbons (Fsp3) is 0.526. The third kappa shape index (κ3) is 2.65.